The molecule has 7 atom stereocenters. The van der Waals surface area contributed by atoms with E-state index in [1.807, 2.05) is 13.8 Å². The predicted molar refractivity (Wildman–Crippen MR) is 122 cm³/mol. The van der Waals surface area contributed by atoms with Gasteiger partial charge in [-0.05, 0) is 45.4 Å². The van der Waals surface area contributed by atoms with Crippen LogP contribution in [0.25, 0.3) is 0 Å². The smallest absolute Gasteiger partial charge is 0.481 e. The molecule has 4 aliphatic rings. The lowest BCUT2D eigenvalue weighted by Gasteiger charge is -2.63. The summed E-state index contributed by atoms with van der Waals surface area (Å²) < 4.78 is 12.5. The van der Waals surface area contributed by atoms with E-state index in [9.17, 15) is 19.5 Å². The van der Waals surface area contributed by atoms with Crippen molar-refractivity contribution in [1.82, 2.24) is 10.6 Å². The highest BCUT2D eigenvalue weighted by molar-refractivity contribution is 6.47. The molecule has 0 radical (unpaired) electrons. The molecule has 0 aromatic heterocycles. The van der Waals surface area contributed by atoms with Gasteiger partial charge in [-0.3, -0.25) is 19.4 Å². The average molecular weight is 482 g/mol. The van der Waals surface area contributed by atoms with E-state index in [2.05, 4.69) is 15.6 Å². The van der Waals surface area contributed by atoms with Crippen molar-refractivity contribution >= 4 is 30.9 Å². The summed E-state index contributed by atoms with van der Waals surface area (Å²) in [6, 6.07) is -1.04. The van der Waals surface area contributed by atoms with Crippen molar-refractivity contribution in [2.45, 2.75) is 75.2 Å². The maximum absolute atomic E-state index is 12.6. The summed E-state index contributed by atoms with van der Waals surface area (Å²) in [5.41, 5.74) is 15.0. The van der Waals surface area contributed by atoms with Crippen LogP contribution in [0.3, 0.4) is 0 Å². The van der Waals surface area contributed by atoms with Gasteiger partial charge in [-0.1, -0.05) is 0 Å². The first-order valence-electron chi connectivity index (χ1n) is 11.5. The van der Waals surface area contributed by atoms with E-state index in [1.165, 1.54) is 0 Å². The average Bonchev–Trinajstić information content (AvgIpc) is 3.11. The minimum atomic E-state index is -1.06. The molecule has 2 unspecified atom stereocenters. The number of hydrogen-bond acceptors (Lipinski definition) is 8. The number of aliphatic carboxylic acids is 1. The molecule has 4 rings (SSSR count). The summed E-state index contributed by atoms with van der Waals surface area (Å²) in [7, 11) is -0.781. The van der Waals surface area contributed by atoms with Crippen LogP contribution >= 0.6 is 0 Å². The number of nitrogens with one attached hydrogen (secondary N) is 2. The minimum Gasteiger partial charge on any atom is -0.481 e. The molecule has 1 aliphatic heterocycles. The Balaban J connectivity index is 1.59. The number of nitrogens with two attached hydrogens (primary N) is 3. The standard InChI is InChI=1S/C20H35BN6O7/c1-19(32)10-7-12(19)20(2)13(8-10)33-21(34-20)14(5-6-25-18(23)24)27-15(28)9-26-17(31)11(22)3-4-16(29)30/h10-14,32H,3-9,22H2,1-2H3,(H,26,31)(H,27,28)(H,29,30)(H4,23,24,25)/t10-,11+,12-,13?,14-,19?,20+/m1/s1. The van der Waals surface area contributed by atoms with Crippen molar-refractivity contribution in [2.75, 3.05) is 13.1 Å². The molecule has 3 aliphatic carbocycles. The highest BCUT2D eigenvalue weighted by Crippen LogP contribution is 2.61. The monoisotopic (exact) mass is 482 g/mol. The zero-order valence-electron chi connectivity index (χ0n) is 19.5. The molecule has 13 nitrogen and oxygen atoms in total. The van der Waals surface area contributed by atoms with Crippen molar-refractivity contribution in [3.05, 3.63) is 0 Å². The number of rotatable bonds is 11. The molecule has 190 valence electrons. The van der Waals surface area contributed by atoms with Gasteiger partial charge in [0.2, 0.25) is 11.8 Å². The molecule has 1 saturated heterocycles. The van der Waals surface area contributed by atoms with Gasteiger partial charge in [-0.15, -0.1) is 0 Å². The lowest BCUT2D eigenvalue weighted by molar-refractivity contribution is -0.247. The Morgan fingerprint density at radius 3 is 2.56 bits per heavy atom. The molecule has 1 heterocycles. The molecule has 2 bridgehead atoms. The van der Waals surface area contributed by atoms with Crippen molar-refractivity contribution in [3.8, 4) is 0 Å². The Morgan fingerprint density at radius 2 is 1.94 bits per heavy atom. The molecular weight excluding hydrogens is 447 g/mol. The third kappa shape index (κ3) is 5.45. The first kappa shape index (κ1) is 26.2. The molecule has 0 spiro atoms. The van der Waals surface area contributed by atoms with Gasteiger partial charge in [0.05, 0.1) is 35.8 Å². The number of carbonyl (C=O) groups excluding carboxylic acids is 2. The molecule has 10 N–H and O–H groups in total. The molecule has 0 aromatic carbocycles. The number of aliphatic imine (C=N–C) groups is 1. The number of guanidine groups is 1. The van der Waals surface area contributed by atoms with E-state index in [0.29, 0.717) is 12.8 Å². The topological polar surface area (TPSA) is 225 Å². The largest absolute Gasteiger partial charge is 0.481 e. The Morgan fingerprint density at radius 1 is 1.24 bits per heavy atom. The van der Waals surface area contributed by atoms with Crippen LogP contribution in [0.4, 0.5) is 0 Å². The normalized spacial score (nSPS) is 33.2. The van der Waals surface area contributed by atoms with Crippen molar-refractivity contribution in [1.29, 1.82) is 0 Å². The zero-order chi connectivity index (χ0) is 25.3. The number of carboxylic acid groups (broad SMARTS) is 1. The fraction of sp³-hybridized carbons (Fsp3) is 0.800. The Kier molecular flexibility index (Phi) is 7.75. The maximum Gasteiger partial charge on any atom is 0.481 e. The summed E-state index contributed by atoms with van der Waals surface area (Å²) in [6.07, 6.45) is 1.33. The second-order valence-electron chi connectivity index (χ2n) is 9.77. The molecule has 4 fully saturated rings. The number of carboxylic acids is 1. The molecular formula is C20H35BN6O7. The molecule has 14 heteroatoms. The van der Waals surface area contributed by atoms with E-state index in [-0.39, 0.29) is 49.8 Å². The summed E-state index contributed by atoms with van der Waals surface area (Å²) in [5.74, 6) is -2.81. The Bertz CT molecular complexity index is 838. The van der Waals surface area contributed by atoms with Crippen LogP contribution in [0.2, 0.25) is 0 Å². The van der Waals surface area contributed by atoms with Gasteiger partial charge >= 0.3 is 13.1 Å². The molecule has 34 heavy (non-hydrogen) atoms. The first-order valence-corrected chi connectivity index (χ1v) is 11.5. The maximum atomic E-state index is 12.6. The lowest BCUT2D eigenvalue weighted by Crippen LogP contribution is -2.70. The van der Waals surface area contributed by atoms with E-state index < -0.39 is 48.1 Å². The van der Waals surface area contributed by atoms with E-state index >= 15 is 0 Å². The molecule has 3 saturated carbocycles. The number of aliphatic hydroxyl groups is 1. The van der Waals surface area contributed by atoms with Gasteiger partial charge in [0, 0.05) is 18.9 Å². The van der Waals surface area contributed by atoms with E-state index in [0.717, 1.165) is 6.42 Å². The van der Waals surface area contributed by atoms with Crippen LogP contribution in [0.15, 0.2) is 4.99 Å². The number of nitrogens with zero attached hydrogens (tertiary/aromatic N) is 1. The zero-order valence-corrected chi connectivity index (χ0v) is 19.5. The highest BCUT2D eigenvalue weighted by Gasteiger charge is 2.70. The highest BCUT2D eigenvalue weighted by atomic mass is 16.7. The number of carbonyl (C=O) groups is 3. The van der Waals surface area contributed by atoms with Crippen LogP contribution in [0, 0.1) is 11.8 Å². The quantitative estimate of drug-likeness (QED) is 0.0926. The second kappa shape index (κ2) is 10.1. The fourth-order valence-corrected chi connectivity index (χ4v) is 5.29. The molecule has 2 amide bonds. The lowest BCUT2D eigenvalue weighted by atomic mass is 9.48. The third-order valence-corrected chi connectivity index (χ3v) is 7.39. The van der Waals surface area contributed by atoms with Gasteiger partial charge in [0.1, 0.15) is 0 Å². The summed E-state index contributed by atoms with van der Waals surface area (Å²) in [4.78, 5) is 39.2. The van der Waals surface area contributed by atoms with Crippen LogP contribution in [-0.2, 0) is 23.7 Å². The van der Waals surface area contributed by atoms with Gasteiger partial charge in [0.25, 0.3) is 0 Å². The SMILES string of the molecule is CC1(O)[C@H]2CC3OB([C@@H](CCN=C(N)N)NC(=O)CNC(=O)[C@@H](N)CCC(=O)O)O[C@@]3(C)[C@@H]1C2. The van der Waals surface area contributed by atoms with Crippen LogP contribution in [0.5, 0.6) is 0 Å². The summed E-state index contributed by atoms with van der Waals surface area (Å²) in [5, 5.41) is 24.7. The van der Waals surface area contributed by atoms with E-state index in [4.69, 9.17) is 31.6 Å². The number of hydrogen-bond donors (Lipinski definition) is 7. The third-order valence-electron chi connectivity index (χ3n) is 7.39. The van der Waals surface area contributed by atoms with Gasteiger partial charge in [-0.2, -0.15) is 0 Å². The van der Waals surface area contributed by atoms with Crippen molar-refractivity contribution in [2.24, 2.45) is 34.0 Å². The van der Waals surface area contributed by atoms with Gasteiger partial charge < -0.3 is 47.4 Å². The van der Waals surface area contributed by atoms with E-state index in [1.54, 1.807) is 0 Å². The second-order valence-corrected chi connectivity index (χ2v) is 9.77. The van der Waals surface area contributed by atoms with Gasteiger partial charge in [-0.25, -0.2) is 0 Å². The summed E-state index contributed by atoms with van der Waals surface area (Å²) >= 11 is 0. The predicted octanol–water partition coefficient (Wildman–Crippen LogP) is -2.56. The number of amides is 2. The Labute approximate surface area is 198 Å². The fourth-order valence-electron chi connectivity index (χ4n) is 5.29. The van der Waals surface area contributed by atoms with Crippen molar-refractivity contribution < 1.29 is 33.9 Å². The van der Waals surface area contributed by atoms with Crippen LogP contribution in [-0.4, -0.2) is 83.5 Å². The Hall–Kier alpha value is -2.42. The molecule has 0 aromatic rings. The van der Waals surface area contributed by atoms with Crippen LogP contribution in [0.1, 0.15) is 46.0 Å². The van der Waals surface area contributed by atoms with Gasteiger partial charge in [0.15, 0.2) is 5.96 Å². The first-order chi connectivity index (χ1) is 15.8. The van der Waals surface area contributed by atoms with Crippen LogP contribution < -0.4 is 27.8 Å². The summed E-state index contributed by atoms with van der Waals surface area (Å²) in [6.45, 7) is 3.62. The van der Waals surface area contributed by atoms with Crippen molar-refractivity contribution in [3.63, 3.8) is 0 Å². The minimum absolute atomic E-state index is 0.0421.